The number of hydrogen-bond acceptors (Lipinski definition) is 4. The smallest absolute Gasteiger partial charge is 0.319 e. The van der Waals surface area contributed by atoms with Gasteiger partial charge < -0.3 is 9.53 Å². The van der Waals surface area contributed by atoms with Crippen LogP contribution in [-0.2, 0) is 19.1 Å². The molecular weight excluding hydrogens is 196 g/mol. The summed E-state index contributed by atoms with van der Waals surface area (Å²) < 4.78 is 4.92. The summed E-state index contributed by atoms with van der Waals surface area (Å²) in [4.78, 5) is 34.0. The van der Waals surface area contributed by atoms with E-state index >= 15 is 0 Å². The molecule has 0 aliphatic carbocycles. The van der Waals surface area contributed by atoms with Gasteiger partial charge in [0, 0.05) is 6.42 Å². The van der Waals surface area contributed by atoms with E-state index in [2.05, 4.69) is 0 Å². The third-order valence-electron chi connectivity index (χ3n) is 2.95. The summed E-state index contributed by atoms with van der Waals surface area (Å²) in [5.74, 6) is -0.648. The first kappa shape index (κ1) is 11.9. The summed E-state index contributed by atoms with van der Waals surface area (Å²) in [5, 5.41) is 0. The monoisotopic (exact) mass is 212 g/mol. The molecule has 1 heterocycles. The Kier molecular flexibility index (Phi) is 3.61. The van der Waals surface area contributed by atoms with Gasteiger partial charge in [-0.15, -0.1) is 0 Å². The minimum absolute atomic E-state index is 0.00556. The van der Waals surface area contributed by atoms with Gasteiger partial charge in [-0.05, 0) is 33.1 Å². The lowest BCUT2D eigenvalue weighted by Gasteiger charge is -2.32. The molecule has 15 heavy (non-hydrogen) atoms. The van der Waals surface area contributed by atoms with E-state index in [1.807, 2.05) is 0 Å². The van der Waals surface area contributed by atoms with Crippen molar-refractivity contribution in [3.8, 4) is 0 Å². The largest absolute Gasteiger partial charge is 0.465 e. The zero-order valence-corrected chi connectivity index (χ0v) is 9.17. The Morgan fingerprint density at radius 1 is 1.40 bits per heavy atom. The number of esters is 1. The van der Waals surface area contributed by atoms with Gasteiger partial charge in [-0.1, -0.05) is 0 Å². The average molecular weight is 212 g/mol. The van der Waals surface area contributed by atoms with Gasteiger partial charge in [0.1, 0.15) is 17.0 Å². The molecule has 0 spiro atoms. The topological polar surface area (TPSA) is 60.4 Å². The molecule has 1 atom stereocenters. The molecule has 1 aliphatic heterocycles. The van der Waals surface area contributed by atoms with Crippen molar-refractivity contribution in [3.05, 3.63) is 0 Å². The molecule has 0 bridgehead atoms. The van der Waals surface area contributed by atoms with E-state index in [0.717, 1.165) is 0 Å². The van der Waals surface area contributed by atoms with Crippen LogP contribution in [0.15, 0.2) is 0 Å². The fraction of sp³-hybridized carbons (Fsp3) is 0.727. The van der Waals surface area contributed by atoms with Gasteiger partial charge in [0.05, 0.1) is 6.61 Å². The Bertz CT molecular complexity index is 295. The molecule has 1 rings (SSSR count). The number of rotatable bonds is 4. The van der Waals surface area contributed by atoms with Crippen molar-refractivity contribution in [2.45, 2.75) is 39.5 Å². The maximum atomic E-state index is 11.6. The predicted molar refractivity (Wildman–Crippen MR) is 53.2 cm³/mol. The minimum Gasteiger partial charge on any atom is -0.465 e. The maximum Gasteiger partial charge on any atom is 0.319 e. The number of cyclic esters (lactones) is 1. The summed E-state index contributed by atoms with van der Waals surface area (Å²) >= 11 is 0. The Hall–Kier alpha value is -1.19. The van der Waals surface area contributed by atoms with Crippen LogP contribution in [0.5, 0.6) is 0 Å². The molecule has 4 heteroatoms. The van der Waals surface area contributed by atoms with Gasteiger partial charge in [-0.2, -0.15) is 0 Å². The summed E-state index contributed by atoms with van der Waals surface area (Å²) in [7, 11) is 0. The van der Waals surface area contributed by atoms with Crippen LogP contribution in [-0.4, -0.2) is 24.1 Å². The van der Waals surface area contributed by atoms with Crippen molar-refractivity contribution in [1.82, 2.24) is 0 Å². The normalized spacial score (nSPS) is 25.9. The van der Waals surface area contributed by atoms with Crippen molar-refractivity contribution in [2.24, 2.45) is 5.41 Å². The van der Waals surface area contributed by atoms with Crippen LogP contribution in [0.3, 0.4) is 0 Å². The summed E-state index contributed by atoms with van der Waals surface area (Å²) in [6.07, 6.45) is 1.75. The second kappa shape index (κ2) is 4.55. The average Bonchev–Trinajstić information content (AvgIpc) is 2.16. The van der Waals surface area contributed by atoms with Crippen molar-refractivity contribution in [2.75, 3.05) is 6.61 Å². The molecule has 1 saturated heterocycles. The molecular formula is C11H16O4. The van der Waals surface area contributed by atoms with E-state index < -0.39 is 11.4 Å². The van der Waals surface area contributed by atoms with E-state index in [4.69, 9.17) is 4.74 Å². The highest BCUT2D eigenvalue weighted by molar-refractivity contribution is 6.03. The third-order valence-corrected chi connectivity index (χ3v) is 2.95. The summed E-state index contributed by atoms with van der Waals surface area (Å²) in [5.41, 5.74) is -1.05. The van der Waals surface area contributed by atoms with Crippen LogP contribution in [0.25, 0.3) is 0 Å². The number of carbonyl (C=O) groups excluding carboxylic acids is 3. The molecule has 0 amide bonds. The van der Waals surface area contributed by atoms with E-state index in [1.165, 1.54) is 13.8 Å². The fourth-order valence-electron chi connectivity index (χ4n) is 1.89. The lowest BCUT2D eigenvalue weighted by atomic mass is 9.74. The fourth-order valence-corrected chi connectivity index (χ4v) is 1.89. The molecule has 0 saturated carbocycles. The predicted octanol–water partition coefficient (Wildman–Crippen LogP) is 1.27. The second-order valence-electron chi connectivity index (χ2n) is 4.08. The highest BCUT2D eigenvalue weighted by atomic mass is 16.5. The molecule has 1 fully saturated rings. The first-order valence-corrected chi connectivity index (χ1v) is 5.17. The molecule has 84 valence electrons. The van der Waals surface area contributed by atoms with Crippen LogP contribution < -0.4 is 0 Å². The molecule has 4 nitrogen and oxygen atoms in total. The van der Waals surface area contributed by atoms with E-state index in [-0.39, 0.29) is 24.4 Å². The van der Waals surface area contributed by atoms with Crippen LogP contribution in [0, 0.1) is 5.41 Å². The van der Waals surface area contributed by atoms with Gasteiger partial charge >= 0.3 is 5.97 Å². The van der Waals surface area contributed by atoms with Crippen LogP contribution >= 0.6 is 0 Å². The van der Waals surface area contributed by atoms with Crippen molar-refractivity contribution >= 4 is 17.5 Å². The quantitative estimate of drug-likeness (QED) is 0.520. The summed E-state index contributed by atoms with van der Waals surface area (Å²) in [6.45, 7) is 3.24. The van der Waals surface area contributed by atoms with Crippen LogP contribution in [0.4, 0.5) is 0 Å². The maximum absolute atomic E-state index is 11.6. The Labute approximate surface area is 89.0 Å². The molecule has 0 aromatic heterocycles. The van der Waals surface area contributed by atoms with Crippen molar-refractivity contribution in [3.63, 3.8) is 0 Å². The number of Topliss-reactive ketones (excluding diaryl/α,β-unsaturated/α-hetero) is 2. The van der Waals surface area contributed by atoms with E-state index in [1.54, 1.807) is 0 Å². The molecule has 0 radical (unpaired) electrons. The zero-order chi connectivity index (χ0) is 11.5. The number of carbonyl (C=O) groups is 3. The Morgan fingerprint density at radius 3 is 2.53 bits per heavy atom. The highest BCUT2D eigenvalue weighted by Crippen LogP contribution is 2.35. The second-order valence-corrected chi connectivity index (χ2v) is 4.08. The van der Waals surface area contributed by atoms with Crippen LogP contribution in [0.2, 0.25) is 0 Å². The molecule has 0 aromatic rings. The van der Waals surface area contributed by atoms with E-state index in [9.17, 15) is 14.4 Å². The SMILES string of the molecule is CC(=O)CCC1(C(C)=O)CCCOC1=O. The molecule has 0 aromatic carbocycles. The number of hydrogen-bond donors (Lipinski definition) is 0. The van der Waals surface area contributed by atoms with Gasteiger partial charge in [-0.25, -0.2) is 0 Å². The van der Waals surface area contributed by atoms with Gasteiger partial charge in [0.15, 0.2) is 0 Å². The minimum atomic E-state index is -1.05. The zero-order valence-electron chi connectivity index (χ0n) is 9.17. The van der Waals surface area contributed by atoms with E-state index in [0.29, 0.717) is 19.4 Å². The molecule has 1 unspecified atom stereocenters. The van der Waals surface area contributed by atoms with Crippen molar-refractivity contribution in [1.29, 1.82) is 0 Å². The Balaban J connectivity index is 2.81. The first-order valence-electron chi connectivity index (χ1n) is 5.17. The van der Waals surface area contributed by atoms with Gasteiger partial charge in [0.2, 0.25) is 0 Å². The van der Waals surface area contributed by atoms with Gasteiger partial charge in [0.25, 0.3) is 0 Å². The van der Waals surface area contributed by atoms with Gasteiger partial charge in [-0.3, -0.25) is 9.59 Å². The number of ether oxygens (including phenoxy) is 1. The lowest BCUT2D eigenvalue weighted by Crippen LogP contribution is -2.43. The lowest BCUT2D eigenvalue weighted by molar-refractivity contribution is -0.166. The highest BCUT2D eigenvalue weighted by Gasteiger charge is 2.46. The first-order chi connectivity index (χ1) is 6.99. The van der Waals surface area contributed by atoms with Crippen molar-refractivity contribution < 1.29 is 19.1 Å². The number of ketones is 2. The van der Waals surface area contributed by atoms with Crippen LogP contribution in [0.1, 0.15) is 39.5 Å². The molecule has 1 aliphatic rings. The molecule has 0 N–H and O–H groups in total. The summed E-state index contributed by atoms with van der Waals surface area (Å²) in [6, 6.07) is 0. The Morgan fingerprint density at radius 2 is 2.07 bits per heavy atom. The standard InChI is InChI=1S/C11H16O4/c1-8(12)4-6-11(9(2)13)5-3-7-15-10(11)14/h3-7H2,1-2H3. The third kappa shape index (κ3) is 2.43.